The summed E-state index contributed by atoms with van der Waals surface area (Å²) in [6.45, 7) is 3.57. The molecule has 2 aromatic rings. The number of hydrogen-bond donors (Lipinski definition) is 0. The van der Waals surface area contributed by atoms with Crippen LogP contribution in [0.5, 0.6) is 0 Å². The molecule has 0 N–H and O–H groups in total. The van der Waals surface area contributed by atoms with E-state index in [-0.39, 0.29) is 11.2 Å². The van der Waals surface area contributed by atoms with E-state index in [9.17, 15) is 9.59 Å². The van der Waals surface area contributed by atoms with Crippen LogP contribution in [-0.4, -0.2) is 18.7 Å². The van der Waals surface area contributed by atoms with Crippen molar-refractivity contribution in [3.63, 3.8) is 0 Å². The minimum Gasteiger partial charge on any atom is -0.292 e. The Morgan fingerprint density at radius 1 is 1.33 bits per heavy atom. The molecule has 0 saturated carbocycles. The maximum absolute atomic E-state index is 11.7. The largest absolute Gasteiger partial charge is 0.332 e. The van der Waals surface area contributed by atoms with Gasteiger partial charge in [0.1, 0.15) is 6.33 Å². The van der Waals surface area contributed by atoms with E-state index in [2.05, 4.69) is 11.6 Å². The van der Waals surface area contributed by atoms with Crippen LogP contribution in [0.3, 0.4) is 0 Å². The van der Waals surface area contributed by atoms with Crippen molar-refractivity contribution in [2.45, 2.75) is 0 Å². The summed E-state index contributed by atoms with van der Waals surface area (Å²) >= 11 is 0. The van der Waals surface area contributed by atoms with Gasteiger partial charge in [-0.1, -0.05) is 6.58 Å². The van der Waals surface area contributed by atoms with Gasteiger partial charge in [-0.3, -0.25) is 18.5 Å². The van der Waals surface area contributed by atoms with Crippen LogP contribution >= 0.6 is 0 Å². The fourth-order valence-electron chi connectivity index (χ4n) is 1.53. The number of rotatable bonds is 1. The van der Waals surface area contributed by atoms with Gasteiger partial charge in [0.15, 0.2) is 11.2 Å². The van der Waals surface area contributed by atoms with Gasteiger partial charge in [-0.15, -0.1) is 0 Å². The van der Waals surface area contributed by atoms with Crippen molar-refractivity contribution >= 4 is 17.4 Å². The van der Waals surface area contributed by atoms with Gasteiger partial charge < -0.3 is 0 Å². The van der Waals surface area contributed by atoms with Gasteiger partial charge in [0, 0.05) is 20.3 Å². The molecule has 2 aromatic heterocycles. The minimum atomic E-state index is -0.395. The first-order chi connectivity index (χ1) is 7.07. The molecule has 0 aliphatic heterocycles. The summed E-state index contributed by atoms with van der Waals surface area (Å²) in [5.41, 5.74) is -0.0533. The Balaban J connectivity index is 3.18. The fourth-order valence-corrected chi connectivity index (χ4v) is 1.53. The van der Waals surface area contributed by atoms with Gasteiger partial charge in [-0.05, 0) is 0 Å². The van der Waals surface area contributed by atoms with Crippen molar-refractivity contribution < 1.29 is 0 Å². The highest BCUT2D eigenvalue weighted by atomic mass is 16.2. The fraction of sp³-hybridized carbons (Fsp3) is 0.222. The van der Waals surface area contributed by atoms with E-state index in [0.717, 1.165) is 4.57 Å². The van der Waals surface area contributed by atoms with Crippen LogP contribution in [0.2, 0.25) is 0 Å². The summed E-state index contributed by atoms with van der Waals surface area (Å²) in [5, 5.41) is 0. The zero-order valence-corrected chi connectivity index (χ0v) is 8.47. The molecule has 0 atom stereocenters. The molecular weight excluding hydrogens is 196 g/mol. The lowest BCUT2D eigenvalue weighted by Crippen LogP contribution is -2.37. The Bertz CT molecular complexity index is 659. The smallest absolute Gasteiger partial charge is 0.292 e. The van der Waals surface area contributed by atoms with E-state index in [4.69, 9.17) is 0 Å². The van der Waals surface area contributed by atoms with Crippen molar-refractivity contribution in [3.8, 4) is 0 Å². The van der Waals surface area contributed by atoms with E-state index in [1.54, 1.807) is 7.05 Å². The summed E-state index contributed by atoms with van der Waals surface area (Å²) in [6.07, 6.45) is 2.95. The van der Waals surface area contributed by atoms with Crippen molar-refractivity contribution in [1.82, 2.24) is 18.7 Å². The van der Waals surface area contributed by atoms with Crippen LogP contribution < -0.4 is 11.2 Å². The zero-order chi connectivity index (χ0) is 11.2. The molecule has 6 nitrogen and oxygen atoms in total. The highest BCUT2D eigenvalue weighted by molar-refractivity contribution is 5.72. The van der Waals surface area contributed by atoms with Crippen molar-refractivity contribution in [3.05, 3.63) is 33.7 Å². The number of fused-ring (bicyclic) bond motifs is 1. The lowest BCUT2D eigenvalue weighted by atomic mass is 10.5. The van der Waals surface area contributed by atoms with Crippen molar-refractivity contribution in [1.29, 1.82) is 0 Å². The summed E-state index contributed by atoms with van der Waals surface area (Å²) < 4.78 is 3.94. The third-order valence-corrected chi connectivity index (χ3v) is 2.36. The van der Waals surface area contributed by atoms with Crippen molar-refractivity contribution in [2.24, 2.45) is 14.1 Å². The molecule has 0 aliphatic carbocycles. The molecule has 0 bridgehead atoms. The first-order valence-corrected chi connectivity index (χ1v) is 4.33. The molecule has 2 rings (SSSR count). The molecule has 0 unspecified atom stereocenters. The normalized spacial score (nSPS) is 10.8. The molecule has 0 saturated heterocycles. The van der Waals surface area contributed by atoms with Gasteiger partial charge >= 0.3 is 5.69 Å². The van der Waals surface area contributed by atoms with Crippen molar-refractivity contribution in [2.75, 3.05) is 0 Å². The van der Waals surface area contributed by atoms with Crippen LogP contribution in [0.1, 0.15) is 0 Å². The van der Waals surface area contributed by atoms with Gasteiger partial charge in [0.2, 0.25) is 0 Å². The number of aromatic nitrogens is 4. The second-order valence-electron chi connectivity index (χ2n) is 3.21. The van der Waals surface area contributed by atoms with Gasteiger partial charge in [0.05, 0.1) is 0 Å². The van der Waals surface area contributed by atoms with Crippen LogP contribution in [0, 0.1) is 0 Å². The molecule has 78 valence electrons. The lowest BCUT2D eigenvalue weighted by molar-refractivity contribution is 0.705. The summed E-state index contributed by atoms with van der Waals surface area (Å²) in [7, 11) is 3.02. The second kappa shape index (κ2) is 2.94. The number of imidazole rings is 1. The van der Waals surface area contributed by atoms with Crippen LogP contribution in [0.25, 0.3) is 17.4 Å². The summed E-state index contributed by atoms with van der Waals surface area (Å²) in [5.74, 6) is 0. The highest BCUT2D eigenvalue weighted by Crippen LogP contribution is 2.04. The molecule has 0 radical (unpaired) electrons. The predicted molar refractivity (Wildman–Crippen MR) is 56.6 cm³/mol. The van der Waals surface area contributed by atoms with Crippen LogP contribution in [-0.2, 0) is 14.1 Å². The highest BCUT2D eigenvalue weighted by Gasteiger charge is 2.12. The average molecular weight is 206 g/mol. The van der Waals surface area contributed by atoms with E-state index >= 15 is 0 Å². The predicted octanol–water partition coefficient (Wildman–Crippen LogP) is -0.466. The van der Waals surface area contributed by atoms with Gasteiger partial charge in [0.25, 0.3) is 5.56 Å². The molecular formula is C9H10N4O2. The Morgan fingerprint density at radius 2 is 2.00 bits per heavy atom. The monoisotopic (exact) mass is 206 g/mol. The topological polar surface area (TPSA) is 61.8 Å². The molecule has 2 heterocycles. The van der Waals surface area contributed by atoms with E-state index in [1.807, 2.05) is 0 Å². The van der Waals surface area contributed by atoms with E-state index in [0.29, 0.717) is 5.65 Å². The lowest BCUT2D eigenvalue weighted by Gasteiger charge is -2.04. The molecule has 15 heavy (non-hydrogen) atoms. The first kappa shape index (κ1) is 9.45. The number of hydrogen-bond acceptors (Lipinski definition) is 3. The van der Waals surface area contributed by atoms with E-state index < -0.39 is 5.56 Å². The molecule has 0 fully saturated rings. The maximum atomic E-state index is 11.7. The molecule has 0 aliphatic rings. The standard InChI is InChI=1S/C9H10N4O2/c1-4-13-5-10-6-7(13)11(2)9(15)12(3)8(6)14/h4-5H,1H2,2-3H3. The number of nitrogens with zero attached hydrogens (tertiary/aromatic N) is 4. The molecule has 0 aromatic carbocycles. The van der Waals surface area contributed by atoms with Crippen LogP contribution in [0.15, 0.2) is 22.5 Å². The van der Waals surface area contributed by atoms with E-state index in [1.165, 1.54) is 28.7 Å². The van der Waals surface area contributed by atoms with Gasteiger partial charge in [-0.2, -0.15) is 0 Å². The SMILES string of the molecule is C=Cn1cnc2c(=O)n(C)c(=O)n(C)c21. The third-order valence-electron chi connectivity index (χ3n) is 2.36. The Hall–Kier alpha value is -2.11. The average Bonchev–Trinajstić information content (AvgIpc) is 2.67. The number of aryl methyl sites for hydroxylation is 1. The van der Waals surface area contributed by atoms with Gasteiger partial charge in [-0.25, -0.2) is 9.78 Å². The second-order valence-corrected chi connectivity index (χ2v) is 3.21. The zero-order valence-electron chi connectivity index (χ0n) is 8.47. The quantitative estimate of drug-likeness (QED) is 0.634. The van der Waals surface area contributed by atoms with Crippen LogP contribution in [0.4, 0.5) is 0 Å². The Labute approximate surface area is 84.7 Å². The Morgan fingerprint density at radius 3 is 2.60 bits per heavy atom. The maximum Gasteiger partial charge on any atom is 0.332 e. The Kier molecular flexibility index (Phi) is 1.85. The summed E-state index contributed by atoms with van der Waals surface area (Å²) in [4.78, 5) is 27.2. The summed E-state index contributed by atoms with van der Waals surface area (Å²) in [6, 6.07) is 0. The first-order valence-electron chi connectivity index (χ1n) is 4.33. The third kappa shape index (κ3) is 1.08. The molecule has 6 heteroatoms. The molecule has 0 amide bonds. The minimum absolute atomic E-state index is 0.263. The molecule has 0 spiro atoms.